The van der Waals surface area contributed by atoms with Crippen molar-refractivity contribution < 1.29 is 36.2 Å². The molecule has 1 aromatic carbocycles. The SMILES string of the molecule is COc1cc(C(O)(C(F)(F)F)C(F)(F)F)cc(C)c1N. The van der Waals surface area contributed by atoms with Crippen LogP contribution in [-0.4, -0.2) is 24.6 Å². The highest BCUT2D eigenvalue weighted by Gasteiger charge is 2.71. The van der Waals surface area contributed by atoms with Crippen molar-refractivity contribution in [3.63, 3.8) is 0 Å². The second kappa shape index (κ2) is 4.72. The molecule has 0 fully saturated rings. The fourth-order valence-electron chi connectivity index (χ4n) is 1.63. The van der Waals surface area contributed by atoms with Gasteiger partial charge in [-0.05, 0) is 18.6 Å². The van der Waals surface area contributed by atoms with Crippen molar-refractivity contribution in [3.8, 4) is 5.75 Å². The minimum Gasteiger partial charge on any atom is -0.495 e. The maximum absolute atomic E-state index is 12.7. The van der Waals surface area contributed by atoms with Gasteiger partial charge in [0.25, 0.3) is 5.60 Å². The lowest BCUT2D eigenvalue weighted by molar-refractivity contribution is -0.376. The Hall–Kier alpha value is -1.64. The third-order valence-electron chi connectivity index (χ3n) is 2.81. The van der Waals surface area contributed by atoms with Gasteiger partial charge in [0.1, 0.15) is 5.75 Å². The molecule has 0 radical (unpaired) electrons. The summed E-state index contributed by atoms with van der Waals surface area (Å²) in [6, 6.07) is 0.947. The van der Waals surface area contributed by atoms with Crippen molar-refractivity contribution in [2.24, 2.45) is 0 Å². The summed E-state index contributed by atoms with van der Waals surface area (Å²) in [5.74, 6) is -0.382. The van der Waals surface area contributed by atoms with Crippen molar-refractivity contribution in [2.45, 2.75) is 24.9 Å². The van der Waals surface area contributed by atoms with E-state index in [4.69, 9.17) is 5.73 Å². The molecule has 0 aromatic heterocycles. The van der Waals surface area contributed by atoms with Crippen LogP contribution in [0.15, 0.2) is 12.1 Å². The number of aliphatic hydroxyl groups is 1. The van der Waals surface area contributed by atoms with Crippen molar-refractivity contribution >= 4 is 5.69 Å². The number of hydrogen-bond acceptors (Lipinski definition) is 3. The van der Waals surface area contributed by atoms with Gasteiger partial charge in [-0.2, -0.15) is 26.3 Å². The number of anilines is 1. The van der Waals surface area contributed by atoms with E-state index >= 15 is 0 Å². The summed E-state index contributed by atoms with van der Waals surface area (Å²) in [5, 5.41) is 9.24. The first-order valence-electron chi connectivity index (χ1n) is 5.16. The largest absolute Gasteiger partial charge is 0.495 e. The Balaban J connectivity index is 3.65. The number of benzene rings is 1. The normalized spacial score (nSPS) is 13.4. The number of rotatable bonds is 2. The topological polar surface area (TPSA) is 55.5 Å². The van der Waals surface area contributed by atoms with Gasteiger partial charge < -0.3 is 15.6 Å². The van der Waals surface area contributed by atoms with Crippen LogP contribution in [0, 0.1) is 6.92 Å². The molecule has 0 aliphatic heterocycles. The number of nitrogens with two attached hydrogens (primary N) is 1. The third kappa shape index (κ3) is 2.37. The fourth-order valence-corrected chi connectivity index (χ4v) is 1.63. The van der Waals surface area contributed by atoms with Gasteiger partial charge >= 0.3 is 12.4 Å². The monoisotopic (exact) mass is 303 g/mol. The van der Waals surface area contributed by atoms with Gasteiger partial charge in [0.15, 0.2) is 0 Å². The van der Waals surface area contributed by atoms with Crippen LogP contribution < -0.4 is 10.5 Å². The number of aryl methyl sites for hydroxylation is 1. The van der Waals surface area contributed by atoms with E-state index in [1.165, 1.54) is 6.92 Å². The van der Waals surface area contributed by atoms with Gasteiger partial charge in [0, 0.05) is 5.56 Å². The molecule has 0 aliphatic rings. The predicted octanol–water partition coefficient (Wildman–Crippen LogP) is 2.90. The van der Waals surface area contributed by atoms with Crippen molar-refractivity contribution in [1.82, 2.24) is 0 Å². The van der Waals surface area contributed by atoms with Gasteiger partial charge in [-0.1, -0.05) is 6.07 Å². The Morgan fingerprint density at radius 3 is 1.85 bits per heavy atom. The van der Waals surface area contributed by atoms with Crippen LogP contribution in [0.3, 0.4) is 0 Å². The van der Waals surface area contributed by atoms with Crippen molar-refractivity contribution in [1.29, 1.82) is 0 Å². The van der Waals surface area contributed by atoms with Gasteiger partial charge in [0.2, 0.25) is 0 Å². The minimum absolute atomic E-state index is 0.0775. The Morgan fingerprint density at radius 2 is 1.50 bits per heavy atom. The summed E-state index contributed by atoms with van der Waals surface area (Å²) in [7, 11) is 1.04. The van der Waals surface area contributed by atoms with E-state index in [1.807, 2.05) is 0 Å². The van der Waals surface area contributed by atoms with Crippen LogP contribution in [0.1, 0.15) is 11.1 Å². The summed E-state index contributed by atoms with van der Waals surface area (Å²) in [4.78, 5) is 0. The van der Waals surface area contributed by atoms with Crippen LogP contribution in [0.25, 0.3) is 0 Å². The van der Waals surface area contributed by atoms with E-state index in [0.717, 1.165) is 7.11 Å². The number of ether oxygens (including phenoxy) is 1. The second-order valence-corrected chi connectivity index (χ2v) is 4.12. The van der Waals surface area contributed by atoms with E-state index in [2.05, 4.69) is 4.74 Å². The number of hydrogen-bond donors (Lipinski definition) is 2. The average Bonchev–Trinajstić information content (AvgIpc) is 2.28. The Labute approximate surface area is 109 Å². The van der Waals surface area contributed by atoms with Crippen LogP contribution in [0.2, 0.25) is 0 Å². The lowest BCUT2D eigenvalue weighted by Crippen LogP contribution is -2.54. The molecule has 0 unspecified atom stereocenters. The molecule has 0 bridgehead atoms. The first-order valence-corrected chi connectivity index (χ1v) is 5.16. The molecule has 3 N–H and O–H groups in total. The van der Waals surface area contributed by atoms with E-state index in [0.29, 0.717) is 12.1 Å². The highest BCUT2D eigenvalue weighted by Crippen LogP contribution is 2.51. The van der Waals surface area contributed by atoms with Gasteiger partial charge in [-0.15, -0.1) is 0 Å². The highest BCUT2D eigenvalue weighted by atomic mass is 19.4. The van der Waals surface area contributed by atoms with Gasteiger partial charge in [-0.25, -0.2) is 0 Å². The molecule has 114 valence electrons. The summed E-state index contributed by atoms with van der Waals surface area (Å²) in [5.41, 5.74) is -1.13. The average molecular weight is 303 g/mol. The lowest BCUT2D eigenvalue weighted by atomic mass is 9.90. The molecule has 0 heterocycles. The lowest BCUT2D eigenvalue weighted by Gasteiger charge is -2.33. The molecular weight excluding hydrogens is 292 g/mol. The molecule has 1 aromatic rings. The zero-order chi connectivity index (χ0) is 15.9. The number of nitrogen functional groups attached to an aromatic ring is 1. The third-order valence-corrected chi connectivity index (χ3v) is 2.81. The summed E-state index contributed by atoms with van der Waals surface area (Å²) >= 11 is 0. The first-order chi connectivity index (χ1) is 8.86. The molecule has 0 amide bonds. The second-order valence-electron chi connectivity index (χ2n) is 4.12. The molecule has 20 heavy (non-hydrogen) atoms. The summed E-state index contributed by atoms with van der Waals surface area (Å²) in [6.45, 7) is 1.20. The molecule has 0 saturated carbocycles. The smallest absolute Gasteiger partial charge is 0.430 e. The van der Waals surface area contributed by atoms with E-state index < -0.39 is 23.5 Å². The maximum atomic E-state index is 12.7. The van der Waals surface area contributed by atoms with Gasteiger partial charge in [-0.3, -0.25) is 0 Å². The quantitative estimate of drug-likeness (QED) is 0.652. The molecule has 0 saturated heterocycles. The molecular formula is C11H11F6NO2. The predicted molar refractivity (Wildman–Crippen MR) is 58.2 cm³/mol. The van der Waals surface area contributed by atoms with Crippen LogP contribution in [-0.2, 0) is 5.60 Å². The zero-order valence-corrected chi connectivity index (χ0v) is 10.4. The Kier molecular flexibility index (Phi) is 3.88. The van der Waals surface area contributed by atoms with Crippen LogP contribution in [0.4, 0.5) is 32.0 Å². The first kappa shape index (κ1) is 16.4. The van der Waals surface area contributed by atoms with E-state index in [-0.39, 0.29) is 17.0 Å². The highest BCUT2D eigenvalue weighted by molar-refractivity contribution is 5.60. The maximum Gasteiger partial charge on any atom is 0.430 e. The summed E-state index contributed by atoms with van der Waals surface area (Å²) < 4.78 is 80.9. The van der Waals surface area contributed by atoms with E-state index in [1.54, 1.807) is 0 Å². The molecule has 1 rings (SSSR count). The molecule has 9 heteroatoms. The summed E-state index contributed by atoms with van der Waals surface area (Å²) in [6.07, 6.45) is -11.9. The number of halogens is 6. The number of alkyl halides is 6. The molecule has 0 atom stereocenters. The molecule has 0 spiro atoms. The van der Waals surface area contributed by atoms with Crippen molar-refractivity contribution in [2.75, 3.05) is 12.8 Å². The standard InChI is InChI=1S/C11H11F6NO2/c1-5-3-6(4-7(20-2)8(5)18)9(19,10(12,13)14)11(15,16)17/h3-4,19H,18H2,1-2H3. The molecule has 0 aliphatic carbocycles. The Morgan fingerprint density at radius 1 is 1.05 bits per heavy atom. The van der Waals surface area contributed by atoms with Gasteiger partial charge in [0.05, 0.1) is 12.8 Å². The molecule has 3 nitrogen and oxygen atoms in total. The van der Waals surface area contributed by atoms with Crippen molar-refractivity contribution in [3.05, 3.63) is 23.3 Å². The number of methoxy groups -OCH3 is 1. The zero-order valence-electron chi connectivity index (χ0n) is 10.4. The Bertz CT molecular complexity index is 495. The minimum atomic E-state index is -5.95. The van der Waals surface area contributed by atoms with E-state index in [9.17, 15) is 31.4 Å². The van der Waals surface area contributed by atoms with Crippen LogP contribution >= 0.6 is 0 Å². The van der Waals surface area contributed by atoms with Crippen LogP contribution in [0.5, 0.6) is 5.75 Å². The fraction of sp³-hybridized carbons (Fsp3) is 0.455.